The molecule has 0 saturated heterocycles. The first-order chi connectivity index (χ1) is 3.06. The van der Waals surface area contributed by atoms with Gasteiger partial charge >= 0.3 is 44.7 Å². The molecule has 1 nitrogen and oxygen atoms in total. The minimum absolute atomic E-state index is 0. The first-order valence-corrected chi connectivity index (χ1v) is 4.17. The topological polar surface area (TPSA) is 9.23 Å². The number of hydrogen-bond acceptors (Lipinski definition) is 1. The van der Waals surface area contributed by atoms with E-state index in [1.54, 1.807) is 0 Å². The quantitative estimate of drug-likeness (QED) is 0.446. The van der Waals surface area contributed by atoms with Crippen LogP contribution in [0, 0.1) is 0 Å². The Labute approximate surface area is 81.8 Å². The van der Waals surface area contributed by atoms with E-state index in [4.69, 9.17) is 0 Å². The second kappa shape index (κ2) is 10.3. The normalized spacial score (nSPS) is 6.80. The minimum atomic E-state index is -6.08. The second-order valence-corrected chi connectivity index (χ2v) is 2.72. The molecule has 0 aliphatic carbocycles. The first-order valence-electron chi connectivity index (χ1n) is 1.77. The zero-order valence-electron chi connectivity index (χ0n) is 4.88. The van der Waals surface area contributed by atoms with Crippen molar-refractivity contribution < 1.29 is 68.4 Å². The molecule has 0 aromatic carbocycles. The summed E-state index contributed by atoms with van der Waals surface area (Å²) in [5.41, 5.74) is 0. The van der Waals surface area contributed by atoms with Gasteiger partial charge in [-0.15, -0.1) is 0 Å². The first kappa shape index (κ1) is 22.5. The molecule has 10 heavy (non-hydrogen) atoms. The van der Waals surface area contributed by atoms with Crippen molar-refractivity contribution in [2.45, 2.75) is 6.92 Å². The maximum atomic E-state index is 11.0. The fourth-order valence-corrected chi connectivity index (χ4v) is 0.675. The van der Waals surface area contributed by atoms with Crippen LogP contribution in [0.5, 0.6) is 0 Å². The molecule has 0 heterocycles. The summed E-state index contributed by atoms with van der Waals surface area (Å²) in [5, 5.41) is 0. The fourth-order valence-electron chi connectivity index (χ4n) is 0.164. The van der Waals surface area contributed by atoms with E-state index in [9.17, 15) is 9.28 Å². The Morgan fingerprint density at radius 3 is 1.40 bits per heavy atom. The third-order valence-electron chi connectivity index (χ3n) is 0.308. The number of rotatable bonds is 2. The van der Waals surface area contributed by atoms with Crippen molar-refractivity contribution in [1.29, 1.82) is 0 Å². The molecular formula is C2H5Cl3F3OTi. The minimum Gasteiger partial charge on any atom is -1.00 e. The zero-order chi connectivity index (χ0) is 5.91. The van der Waals surface area contributed by atoms with Gasteiger partial charge in [-0.05, 0) is 0 Å². The summed E-state index contributed by atoms with van der Waals surface area (Å²) in [6.45, 7) is 1.10. The van der Waals surface area contributed by atoms with Crippen LogP contribution in [-0.4, -0.2) is 6.61 Å². The van der Waals surface area contributed by atoms with Crippen LogP contribution in [-0.2, 0) is 21.9 Å². The molecule has 0 amide bonds. The van der Waals surface area contributed by atoms with Crippen molar-refractivity contribution >= 4 is 0 Å². The Hall–Kier alpha value is 1.33. The molecule has 0 aliphatic rings. The predicted molar refractivity (Wildman–Crippen MR) is 15.0 cm³/mol. The van der Waals surface area contributed by atoms with Gasteiger partial charge in [0, 0.05) is 0 Å². The van der Waals surface area contributed by atoms with Crippen molar-refractivity contribution in [2.24, 2.45) is 0 Å². The molecule has 0 atom stereocenters. The van der Waals surface area contributed by atoms with E-state index in [1.165, 1.54) is 6.92 Å². The van der Waals surface area contributed by atoms with E-state index in [1.807, 2.05) is 0 Å². The molecule has 0 spiro atoms. The van der Waals surface area contributed by atoms with Crippen LogP contribution in [0.3, 0.4) is 0 Å². The van der Waals surface area contributed by atoms with Gasteiger partial charge in [0.2, 0.25) is 0 Å². The average molecular weight is 256 g/mol. The van der Waals surface area contributed by atoms with Gasteiger partial charge in [-0.3, -0.25) is 0 Å². The monoisotopic (exact) mass is 255 g/mol. The Kier molecular flexibility index (Phi) is 23.3. The maximum Gasteiger partial charge on any atom is -1.00 e. The van der Waals surface area contributed by atoms with Gasteiger partial charge in [-0.2, -0.15) is 0 Å². The van der Waals surface area contributed by atoms with Crippen molar-refractivity contribution in [1.82, 2.24) is 0 Å². The molecule has 0 saturated carbocycles. The molecule has 0 aromatic rings. The van der Waals surface area contributed by atoms with Crippen molar-refractivity contribution in [3.8, 4) is 0 Å². The Balaban J connectivity index is -0.0000000600. The molecule has 0 N–H and O–H groups in total. The maximum absolute atomic E-state index is 11.0. The molecule has 0 radical (unpaired) electrons. The summed E-state index contributed by atoms with van der Waals surface area (Å²) in [5.74, 6) is 0. The molecule has 0 bridgehead atoms. The second-order valence-electron chi connectivity index (χ2n) is 0.879. The van der Waals surface area contributed by atoms with E-state index in [0.29, 0.717) is 0 Å². The van der Waals surface area contributed by atoms with Gasteiger partial charge in [-0.25, -0.2) is 0 Å². The predicted octanol–water partition coefficient (Wildman–Crippen LogP) is -7.24. The molecule has 0 fully saturated rings. The molecule has 0 aromatic heterocycles. The Bertz CT molecular complexity index is 60.2. The fraction of sp³-hybridized carbons (Fsp3) is 1.00. The van der Waals surface area contributed by atoms with Crippen LogP contribution in [0.25, 0.3) is 0 Å². The summed E-state index contributed by atoms with van der Waals surface area (Å²) < 4.78 is 36.5. The van der Waals surface area contributed by atoms with Gasteiger partial charge < -0.3 is 37.2 Å². The van der Waals surface area contributed by atoms with Gasteiger partial charge in [0.1, 0.15) is 0 Å². The van der Waals surface area contributed by atoms with Crippen LogP contribution >= 0.6 is 0 Å². The Morgan fingerprint density at radius 1 is 1.10 bits per heavy atom. The summed E-state index contributed by atoms with van der Waals surface area (Å²) in [6.07, 6.45) is 0. The van der Waals surface area contributed by atoms with Crippen LogP contribution in [0.2, 0.25) is 0 Å². The zero-order valence-corrected chi connectivity index (χ0v) is 8.71. The average Bonchev–Trinajstić information content (AvgIpc) is 1.30. The van der Waals surface area contributed by atoms with Crippen molar-refractivity contribution in [3.63, 3.8) is 0 Å². The van der Waals surface area contributed by atoms with Crippen molar-refractivity contribution in [3.05, 3.63) is 0 Å². The smallest absolute Gasteiger partial charge is 1.00 e. The van der Waals surface area contributed by atoms with E-state index in [0.717, 1.165) is 0 Å². The largest absolute Gasteiger partial charge is 1.00 e. The third kappa shape index (κ3) is 22.8. The van der Waals surface area contributed by atoms with Crippen LogP contribution in [0.1, 0.15) is 6.92 Å². The molecule has 8 heteroatoms. The number of halogens is 6. The van der Waals surface area contributed by atoms with Gasteiger partial charge in [0.05, 0.1) is 0 Å². The third-order valence-corrected chi connectivity index (χ3v) is 1.27. The Morgan fingerprint density at radius 2 is 1.40 bits per heavy atom. The summed E-state index contributed by atoms with van der Waals surface area (Å²) in [7, 11) is 0. The molecule has 65 valence electrons. The summed E-state index contributed by atoms with van der Waals surface area (Å²) in [4.78, 5) is 0. The van der Waals surface area contributed by atoms with Crippen LogP contribution in [0.4, 0.5) is 9.28 Å². The van der Waals surface area contributed by atoms with Gasteiger partial charge in [-0.1, -0.05) is 0 Å². The van der Waals surface area contributed by atoms with E-state index in [-0.39, 0.29) is 43.8 Å². The number of hydrogen-bond donors (Lipinski definition) is 0. The van der Waals surface area contributed by atoms with Crippen LogP contribution < -0.4 is 37.2 Å². The van der Waals surface area contributed by atoms with Crippen molar-refractivity contribution in [2.75, 3.05) is 6.61 Å². The van der Waals surface area contributed by atoms with Crippen LogP contribution in [0.15, 0.2) is 0 Å². The van der Waals surface area contributed by atoms with Gasteiger partial charge in [0.15, 0.2) is 0 Å². The molecule has 0 aliphatic heterocycles. The molecule has 0 rings (SSSR count). The van der Waals surface area contributed by atoms with E-state index >= 15 is 0 Å². The molecule has 0 unspecified atom stereocenters. The SMILES string of the molecule is CC[O][Ti+3]([F])([F])[F].[Cl-].[Cl-].[Cl-]. The standard InChI is InChI=1S/C2H5O.3ClH.3FH.Ti/c1-2-3;;;;;;;/h2H2,1H3;6*1H;/q-1;;;;;;;+7/p-6. The van der Waals surface area contributed by atoms with E-state index in [2.05, 4.69) is 3.32 Å². The van der Waals surface area contributed by atoms with E-state index < -0.39 is 18.6 Å². The molecular weight excluding hydrogens is 251 g/mol. The summed E-state index contributed by atoms with van der Waals surface area (Å²) in [6, 6.07) is 0. The van der Waals surface area contributed by atoms with Gasteiger partial charge in [0.25, 0.3) is 0 Å². The summed E-state index contributed by atoms with van der Waals surface area (Å²) >= 11 is -6.08.